The molecule has 9 N–H and O–H groups in total. The van der Waals surface area contributed by atoms with Gasteiger partial charge in [0.05, 0.1) is 19.4 Å². The van der Waals surface area contributed by atoms with Crippen LogP contribution in [-0.2, 0) is 49.5 Å². The monoisotopic (exact) mass is 834 g/mol. The highest BCUT2D eigenvalue weighted by Gasteiger charge is 2.48. The molecule has 0 radical (unpaired) electrons. The van der Waals surface area contributed by atoms with Crippen molar-refractivity contribution in [2.24, 2.45) is 0 Å². The zero-order chi connectivity index (χ0) is 42.5. The minimum Gasteiger partial charge on any atom is -0.394 e. The molecule has 0 saturated carbocycles. The summed E-state index contributed by atoms with van der Waals surface area (Å²) in [7, 11) is 0. The lowest BCUT2D eigenvalue weighted by molar-refractivity contribution is -0.307. The summed E-state index contributed by atoms with van der Waals surface area (Å²) < 4.78 is 10.8. The Morgan fingerprint density at radius 2 is 1.68 bits per heavy atom. The van der Waals surface area contributed by atoms with Crippen molar-refractivity contribution in [2.75, 3.05) is 32.8 Å². The van der Waals surface area contributed by atoms with Gasteiger partial charge in [-0.3, -0.25) is 38.5 Å². The predicted octanol–water partition coefficient (Wildman–Crippen LogP) is -3.00. The number of imide groups is 1. The number of imidazole rings is 1. The van der Waals surface area contributed by atoms with Gasteiger partial charge in [-0.2, -0.15) is 0 Å². The van der Waals surface area contributed by atoms with Gasteiger partial charge in [-0.15, -0.1) is 0 Å². The molecule has 1 aromatic rings. The third kappa shape index (κ3) is 12.5. The highest BCUT2D eigenvalue weighted by Crippen LogP contribution is 2.27. The summed E-state index contributed by atoms with van der Waals surface area (Å²) in [5.41, 5.74) is 0.645. The fourth-order valence-electron chi connectivity index (χ4n) is 7.72. The largest absolute Gasteiger partial charge is 0.394 e. The van der Waals surface area contributed by atoms with Gasteiger partial charge in [-0.05, 0) is 44.9 Å². The van der Waals surface area contributed by atoms with Gasteiger partial charge in [0.2, 0.25) is 35.4 Å². The number of likely N-dealkylation sites (tertiary alicyclic amines) is 2. The van der Waals surface area contributed by atoms with E-state index in [-0.39, 0.29) is 55.9 Å². The molecule has 5 rings (SSSR count). The van der Waals surface area contributed by atoms with Crippen molar-refractivity contribution in [3.63, 3.8) is 0 Å². The molecule has 1 aromatic heterocycles. The maximum atomic E-state index is 13.7. The second-order valence-corrected chi connectivity index (χ2v) is 15.5. The van der Waals surface area contributed by atoms with Crippen LogP contribution < -0.4 is 21.3 Å². The van der Waals surface area contributed by atoms with Gasteiger partial charge >= 0.3 is 0 Å². The Hall–Kier alpha value is -4.54. The van der Waals surface area contributed by atoms with E-state index in [1.807, 2.05) is 0 Å². The van der Waals surface area contributed by atoms with Gasteiger partial charge in [0, 0.05) is 57.3 Å². The zero-order valence-electron chi connectivity index (χ0n) is 33.1. The number of carbonyl (C=O) groups is 7. The van der Waals surface area contributed by atoms with Crippen molar-refractivity contribution in [1.82, 2.24) is 41.0 Å². The van der Waals surface area contributed by atoms with Crippen molar-refractivity contribution in [3.05, 3.63) is 18.2 Å². The Kier molecular flexibility index (Phi) is 17.1. The van der Waals surface area contributed by atoms with Crippen LogP contribution in [0.4, 0.5) is 0 Å². The summed E-state index contributed by atoms with van der Waals surface area (Å²) >= 11 is 0. The van der Waals surface area contributed by atoms with E-state index in [0.29, 0.717) is 70.3 Å². The number of hydrogen-bond donors (Lipinski definition) is 9. The fourth-order valence-corrected chi connectivity index (χ4v) is 7.72. The van der Waals surface area contributed by atoms with Crippen LogP contribution in [0.2, 0.25) is 0 Å². The van der Waals surface area contributed by atoms with Crippen LogP contribution in [0.5, 0.6) is 0 Å². The van der Waals surface area contributed by atoms with Gasteiger partial charge in [0.25, 0.3) is 5.91 Å². The van der Waals surface area contributed by atoms with Crippen LogP contribution in [0, 0.1) is 0 Å². The van der Waals surface area contributed by atoms with E-state index in [9.17, 15) is 54.0 Å². The molecule has 0 aliphatic carbocycles. The van der Waals surface area contributed by atoms with Crippen LogP contribution in [0.25, 0.3) is 0 Å². The number of nitrogens with zero attached hydrogens (tertiary/aromatic N) is 3. The molecule has 328 valence electrons. The van der Waals surface area contributed by atoms with E-state index in [4.69, 9.17) is 9.47 Å². The van der Waals surface area contributed by atoms with Crippen LogP contribution >= 0.6 is 0 Å². The Morgan fingerprint density at radius 1 is 0.932 bits per heavy atom. The van der Waals surface area contributed by atoms with E-state index < -0.39 is 79.3 Å². The van der Waals surface area contributed by atoms with Crippen molar-refractivity contribution >= 4 is 41.4 Å². The molecule has 0 bridgehead atoms. The smallest absolute Gasteiger partial charge is 0.258 e. The summed E-state index contributed by atoms with van der Waals surface area (Å²) in [5.74, 6) is -2.47. The minimum absolute atomic E-state index is 0.106. The lowest BCUT2D eigenvalue weighted by atomic mass is 9.99. The number of ether oxygens (including phenoxy) is 2. The van der Waals surface area contributed by atoms with Gasteiger partial charge in [-0.25, -0.2) is 4.98 Å². The highest BCUT2D eigenvalue weighted by molar-refractivity contribution is 6.05. The number of carbonyl (C=O) groups excluding carboxylic acids is 7. The number of aliphatic hydroxyl groups is 4. The number of H-pyrrole nitrogens is 1. The van der Waals surface area contributed by atoms with Crippen molar-refractivity contribution in [1.29, 1.82) is 0 Å². The molecule has 4 aliphatic rings. The van der Waals surface area contributed by atoms with Gasteiger partial charge in [0.15, 0.2) is 6.29 Å². The number of aliphatic hydroxyl groups excluding tert-OH is 4. The lowest BCUT2D eigenvalue weighted by Gasteiger charge is -2.40. The summed E-state index contributed by atoms with van der Waals surface area (Å²) in [4.78, 5) is 98.5. The first-order valence-corrected chi connectivity index (χ1v) is 20.6. The summed E-state index contributed by atoms with van der Waals surface area (Å²) in [6.45, 7) is 0.784. The molecule has 5 heterocycles. The molecule has 9 atom stereocenters. The number of aromatic amines is 1. The third-order valence-corrected chi connectivity index (χ3v) is 11.1. The minimum atomic E-state index is -1.69. The number of amides is 7. The average molecular weight is 835 g/mol. The van der Waals surface area contributed by atoms with Gasteiger partial charge in [0.1, 0.15) is 48.6 Å². The quantitative estimate of drug-likeness (QED) is 0.0416. The second-order valence-electron chi connectivity index (χ2n) is 15.5. The molecular weight excluding hydrogens is 776 g/mol. The maximum absolute atomic E-state index is 13.7. The van der Waals surface area contributed by atoms with Crippen LogP contribution in [-0.4, -0.2) is 169 Å². The topological polar surface area (TPSA) is 302 Å². The van der Waals surface area contributed by atoms with Crippen LogP contribution in [0.3, 0.4) is 0 Å². The summed E-state index contributed by atoms with van der Waals surface area (Å²) in [6, 6.07) is -2.31. The van der Waals surface area contributed by atoms with E-state index in [0.717, 1.165) is 24.2 Å². The van der Waals surface area contributed by atoms with Gasteiger partial charge < -0.3 is 61.1 Å². The van der Waals surface area contributed by atoms with Crippen LogP contribution in [0.15, 0.2) is 12.5 Å². The predicted molar refractivity (Wildman–Crippen MR) is 203 cm³/mol. The molecule has 4 aliphatic heterocycles. The molecule has 21 heteroatoms. The van der Waals surface area contributed by atoms with Crippen molar-refractivity contribution in [2.45, 2.75) is 145 Å². The Labute approximate surface area is 341 Å². The molecule has 0 spiro atoms. The number of rotatable bonds is 22. The standard InChI is InChI=1S/C38H58N8O13/c47-20-27-31(51)32(52)33(53)38(59-27)58-26-18-30(50)46(37(26)57)15-7-3-4-10-28(48)40-13-5-1-2-6-14-41-35(55)25-9-8-16-45(25)36(56)24(17-22-19-39-21-42-22)44-34(54)23-11-12-29(49)43-23/h19,21,23-27,31-33,38,47,51-53H,1-18,20H2,(H,39,42)(H,40,48)(H,41,55)(H,43,49)(H,44,54)/t23-,24-,25-,26?,27+,31-,32-,33+,38+/m0/s1. The number of unbranched alkanes of at least 4 members (excludes halogenated alkanes) is 5. The second kappa shape index (κ2) is 22.2. The summed E-state index contributed by atoms with van der Waals surface area (Å²) in [5, 5.41) is 50.6. The SMILES string of the molecule is O=C(CCCCCN1C(=O)CC(O[C@@H]2O[C@H](CO)[C@H](O)[C@H](O)[C@H]2O)C1=O)NCCCCCCNC(=O)[C@@H]1CCCN1C(=O)[C@H](Cc1cnc[nH]1)NC(=O)[C@@H]1CCC(=O)N1. The first kappa shape index (κ1) is 45.5. The molecule has 21 nitrogen and oxygen atoms in total. The first-order valence-electron chi connectivity index (χ1n) is 20.6. The van der Waals surface area contributed by atoms with E-state index in [2.05, 4.69) is 31.2 Å². The van der Waals surface area contributed by atoms with Gasteiger partial charge in [-0.1, -0.05) is 19.3 Å². The Bertz CT molecular complexity index is 1610. The molecule has 4 fully saturated rings. The molecule has 7 amide bonds. The Morgan fingerprint density at radius 3 is 2.37 bits per heavy atom. The maximum Gasteiger partial charge on any atom is 0.258 e. The molecule has 1 unspecified atom stereocenters. The third-order valence-electron chi connectivity index (χ3n) is 11.1. The molecule has 59 heavy (non-hydrogen) atoms. The number of aromatic nitrogens is 2. The van der Waals surface area contributed by atoms with Crippen LogP contribution in [0.1, 0.15) is 89.2 Å². The number of hydrogen-bond acceptors (Lipinski definition) is 14. The zero-order valence-corrected chi connectivity index (χ0v) is 33.1. The summed E-state index contributed by atoms with van der Waals surface area (Å²) in [6.07, 6.45) is 0.764. The lowest BCUT2D eigenvalue weighted by Crippen LogP contribution is -2.60. The first-order chi connectivity index (χ1) is 28.4. The van der Waals surface area contributed by atoms with E-state index >= 15 is 0 Å². The molecule has 0 aromatic carbocycles. The highest BCUT2D eigenvalue weighted by atomic mass is 16.7. The van der Waals surface area contributed by atoms with Crippen molar-refractivity contribution < 1.29 is 63.5 Å². The molecule has 4 saturated heterocycles. The average Bonchev–Trinajstić information content (AvgIpc) is 4.05. The number of nitrogens with one attached hydrogen (secondary N) is 5. The van der Waals surface area contributed by atoms with E-state index in [1.165, 1.54) is 11.2 Å². The Balaban J connectivity index is 0.904. The molecular formula is C38H58N8O13. The normalized spacial score (nSPS) is 27.5. The fraction of sp³-hybridized carbons (Fsp3) is 0.737. The van der Waals surface area contributed by atoms with E-state index in [1.54, 1.807) is 6.20 Å². The van der Waals surface area contributed by atoms with Crippen molar-refractivity contribution in [3.8, 4) is 0 Å².